The average molecular weight is 458 g/mol. The number of rotatable bonds is 7. The maximum Gasteiger partial charge on any atom is 0.336 e. The molecule has 6 heteroatoms. The van der Waals surface area contributed by atoms with Crippen LogP contribution in [-0.4, -0.2) is 54.8 Å². The summed E-state index contributed by atoms with van der Waals surface area (Å²) in [5, 5.41) is 13.2. The van der Waals surface area contributed by atoms with Gasteiger partial charge in [0.05, 0.1) is 23.1 Å². The number of Topliss-reactive ketones (excluding diaryl/α,β-unsaturated/α-hetero) is 1. The number of nitrogens with zero attached hydrogens (tertiary/aromatic N) is 2. The van der Waals surface area contributed by atoms with Crippen molar-refractivity contribution in [3.63, 3.8) is 0 Å². The van der Waals surface area contributed by atoms with Gasteiger partial charge in [-0.05, 0) is 62.6 Å². The van der Waals surface area contributed by atoms with Crippen molar-refractivity contribution in [3.8, 4) is 0 Å². The Morgan fingerprint density at radius 3 is 1.85 bits per heavy atom. The molecule has 0 bridgehead atoms. The highest BCUT2D eigenvalue weighted by Gasteiger charge is 2.39. The van der Waals surface area contributed by atoms with Crippen LogP contribution in [0, 0.1) is 0 Å². The first-order chi connectivity index (χ1) is 16.2. The molecule has 0 saturated heterocycles. The van der Waals surface area contributed by atoms with Gasteiger partial charge < -0.3 is 20.2 Å². The van der Waals surface area contributed by atoms with E-state index in [2.05, 4.69) is 39.4 Å². The normalized spacial score (nSPS) is 17.5. The van der Waals surface area contributed by atoms with Crippen LogP contribution in [0.15, 0.2) is 66.7 Å². The number of aromatic carboxylic acids is 1. The molecule has 0 spiro atoms. The van der Waals surface area contributed by atoms with E-state index >= 15 is 0 Å². The van der Waals surface area contributed by atoms with Crippen molar-refractivity contribution in [3.05, 3.63) is 100 Å². The second-order valence-electron chi connectivity index (χ2n) is 9.46. The number of carbonyl (C=O) groups is 2. The maximum atomic E-state index is 13.9. The third-order valence-corrected chi connectivity index (χ3v) is 6.14. The lowest BCUT2D eigenvalue weighted by atomic mass is 9.77. The van der Waals surface area contributed by atoms with Crippen molar-refractivity contribution >= 4 is 17.4 Å². The minimum atomic E-state index is -1.10. The van der Waals surface area contributed by atoms with E-state index in [1.165, 1.54) is 11.6 Å². The smallest absolute Gasteiger partial charge is 0.336 e. The first kappa shape index (κ1) is 23.7. The van der Waals surface area contributed by atoms with Crippen molar-refractivity contribution in [1.29, 1.82) is 0 Å². The number of carbonyl (C=O) groups excluding carboxylic acids is 1. The lowest BCUT2D eigenvalue weighted by molar-refractivity contribution is 0.0690. The third kappa shape index (κ3) is 4.88. The van der Waals surface area contributed by atoms with Gasteiger partial charge in [-0.2, -0.15) is 0 Å². The summed E-state index contributed by atoms with van der Waals surface area (Å²) in [5.74, 6) is -1.81. The summed E-state index contributed by atoms with van der Waals surface area (Å²) in [5.41, 5.74) is 5.04. The number of carboxylic acids is 1. The molecule has 34 heavy (non-hydrogen) atoms. The standard InChI is InChI=1S/C28H31N3O3/c1-30(2)16-18-8-12-20(13-9-18)24-26(21-14-10-19(11-15-21)17-31(3)4)29-23-7-5-6-22(28(33)34)25(23)27(24)32/h5-15,24,26,29H,16-17H2,1-4H3,(H,33,34). The fourth-order valence-electron chi connectivity index (χ4n) is 4.68. The topological polar surface area (TPSA) is 72.9 Å². The first-order valence-corrected chi connectivity index (χ1v) is 11.4. The second kappa shape index (κ2) is 9.79. The Labute approximate surface area is 200 Å². The predicted octanol–water partition coefficient (Wildman–Crippen LogP) is 4.64. The summed E-state index contributed by atoms with van der Waals surface area (Å²) in [7, 11) is 8.09. The molecule has 3 aromatic rings. The summed E-state index contributed by atoms with van der Waals surface area (Å²) < 4.78 is 0. The van der Waals surface area contributed by atoms with E-state index < -0.39 is 11.9 Å². The molecule has 0 fully saturated rings. The number of benzene rings is 3. The summed E-state index contributed by atoms with van der Waals surface area (Å²) in [4.78, 5) is 30.0. The van der Waals surface area contributed by atoms with Crippen LogP contribution in [0.5, 0.6) is 0 Å². The molecule has 0 aliphatic carbocycles. The van der Waals surface area contributed by atoms with E-state index in [1.54, 1.807) is 12.1 Å². The summed E-state index contributed by atoms with van der Waals surface area (Å²) >= 11 is 0. The van der Waals surface area contributed by atoms with Crippen molar-refractivity contribution in [2.24, 2.45) is 0 Å². The molecule has 4 rings (SSSR count). The Balaban J connectivity index is 1.78. The molecule has 1 aliphatic heterocycles. The minimum Gasteiger partial charge on any atom is -0.478 e. The number of anilines is 1. The molecular weight excluding hydrogens is 426 g/mol. The van der Waals surface area contributed by atoms with Crippen LogP contribution >= 0.6 is 0 Å². The Bertz CT molecular complexity index is 1180. The van der Waals surface area contributed by atoms with Gasteiger partial charge in [0.1, 0.15) is 0 Å². The first-order valence-electron chi connectivity index (χ1n) is 11.4. The molecule has 1 aliphatic rings. The Hall–Kier alpha value is -3.48. The van der Waals surface area contributed by atoms with Crippen LogP contribution in [0.3, 0.4) is 0 Å². The molecule has 176 valence electrons. The van der Waals surface area contributed by atoms with E-state index in [0.29, 0.717) is 5.69 Å². The average Bonchev–Trinajstić information content (AvgIpc) is 2.79. The molecule has 2 atom stereocenters. The molecule has 1 heterocycles. The van der Waals surface area contributed by atoms with Crippen LogP contribution in [0.25, 0.3) is 0 Å². The molecule has 0 saturated carbocycles. The number of hydrogen-bond acceptors (Lipinski definition) is 5. The van der Waals surface area contributed by atoms with Crippen molar-refractivity contribution in [1.82, 2.24) is 9.80 Å². The number of carboxylic acid groups (broad SMARTS) is 1. The van der Waals surface area contributed by atoms with Gasteiger partial charge in [0.15, 0.2) is 5.78 Å². The number of fused-ring (bicyclic) bond motifs is 1. The molecule has 2 unspecified atom stereocenters. The van der Waals surface area contributed by atoms with Gasteiger partial charge in [0, 0.05) is 18.8 Å². The minimum absolute atomic E-state index is 0.0315. The van der Waals surface area contributed by atoms with Gasteiger partial charge in [0.25, 0.3) is 0 Å². The zero-order chi connectivity index (χ0) is 24.4. The highest BCUT2D eigenvalue weighted by molar-refractivity contribution is 6.14. The molecule has 0 aromatic heterocycles. The van der Waals surface area contributed by atoms with Crippen LogP contribution in [0.1, 0.15) is 54.9 Å². The lowest BCUT2D eigenvalue weighted by Gasteiger charge is -2.35. The van der Waals surface area contributed by atoms with E-state index in [-0.39, 0.29) is 23.0 Å². The summed E-state index contributed by atoms with van der Waals surface area (Å²) in [6, 6.07) is 21.0. The van der Waals surface area contributed by atoms with E-state index in [0.717, 1.165) is 29.8 Å². The van der Waals surface area contributed by atoms with Gasteiger partial charge in [-0.1, -0.05) is 54.6 Å². The quantitative estimate of drug-likeness (QED) is 0.539. The largest absolute Gasteiger partial charge is 0.478 e. The van der Waals surface area contributed by atoms with Crippen molar-refractivity contribution in [2.75, 3.05) is 33.5 Å². The number of hydrogen-bond donors (Lipinski definition) is 2. The monoisotopic (exact) mass is 457 g/mol. The third-order valence-electron chi connectivity index (χ3n) is 6.14. The SMILES string of the molecule is CN(C)Cc1ccc(C2Nc3cccc(C(=O)O)c3C(=O)C2c2ccc(CN(C)C)cc2)cc1. The highest BCUT2D eigenvalue weighted by Crippen LogP contribution is 2.43. The van der Waals surface area contributed by atoms with Crippen LogP contribution in [-0.2, 0) is 13.1 Å². The van der Waals surface area contributed by atoms with Crippen molar-refractivity contribution in [2.45, 2.75) is 25.0 Å². The van der Waals surface area contributed by atoms with Gasteiger partial charge >= 0.3 is 5.97 Å². The van der Waals surface area contributed by atoms with Crippen LogP contribution < -0.4 is 5.32 Å². The lowest BCUT2D eigenvalue weighted by Crippen LogP contribution is -2.33. The van der Waals surface area contributed by atoms with Crippen molar-refractivity contribution < 1.29 is 14.7 Å². The van der Waals surface area contributed by atoms with Crippen LogP contribution in [0.2, 0.25) is 0 Å². The van der Waals surface area contributed by atoms with Crippen LogP contribution in [0.4, 0.5) is 5.69 Å². The summed E-state index contributed by atoms with van der Waals surface area (Å²) in [6.07, 6.45) is 0. The molecule has 0 radical (unpaired) electrons. The highest BCUT2D eigenvalue weighted by atomic mass is 16.4. The maximum absolute atomic E-state index is 13.9. The Morgan fingerprint density at radius 2 is 1.35 bits per heavy atom. The molecule has 2 N–H and O–H groups in total. The Kier molecular flexibility index (Phi) is 6.82. The second-order valence-corrected chi connectivity index (χ2v) is 9.46. The molecule has 0 amide bonds. The molecule has 6 nitrogen and oxygen atoms in total. The molecular formula is C28H31N3O3. The fraction of sp³-hybridized carbons (Fsp3) is 0.286. The Morgan fingerprint density at radius 1 is 0.824 bits per heavy atom. The number of nitrogens with one attached hydrogen (secondary N) is 1. The zero-order valence-electron chi connectivity index (χ0n) is 20.1. The van der Waals surface area contributed by atoms with Gasteiger partial charge in [-0.3, -0.25) is 4.79 Å². The summed E-state index contributed by atoms with van der Waals surface area (Å²) in [6.45, 7) is 1.64. The van der Waals surface area contributed by atoms with E-state index in [9.17, 15) is 14.7 Å². The van der Waals surface area contributed by atoms with E-state index in [1.807, 2.05) is 52.5 Å². The van der Waals surface area contributed by atoms with Gasteiger partial charge in [-0.25, -0.2) is 4.79 Å². The van der Waals surface area contributed by atoms with Gasteiger partial charge in [-0.15, -0.1) is 0 Å². The predicted molar refractivity (Wildman–Crippen MR) is 135 cm³/mol. The molecule has 3 aromatic carbocycles. The number of ketones is 1. The van der Waals surface area contributed by atoms with E-state index in [4.69, 9.17) is 0 Å². The van der Waals surface area contributed by atoms with Gasteiger partial charge in [0.2, 0.25) is 0 Å². The zero-order valence-corrected chi connectivity index (χ0v) is 20.1. The fourth-order valence-corrected chi connectivity index (χ4v) is 4.68.